The number of ether oxygens (including phenoxy) is 3. The summed E-state index contributed by atoms with van der Waals surface area (Å²) in [6.07, 6.45) is 1.45. The minimum Gasteiger partial charge on any atom is -0.491 e. The van der Waals surface area contributed by atoms with Crippen molar-refractivity contribution in [2.75, 3.05) is 11.9 Å². The van der Waals surface area contributed by atoms with Gasteiger partial charge in [-0.1, -0.05) is 12.1 Å². The molecule has 3 rings (SSSR count). The topological polar surface area (TPSA) is 124 Å². The number of amides is 1. The molecule has 1 N–H and O–H groups in total. The Morgan fingerprint density at radius 2 is 1.84 bits per heavy atom. The molecule has 0 heterocycles. The van der Waals surface area contributed by atoms with Crippen molar-refractivity contribution in [3.8, 4) is 23.3 Å². The van der Waals surface area contributed by atoms with E-state index in [-0.39, 0.29) is 24.0 Å². The molecule has 0 radical (unpaired) electrons. The second-order valence-corrected chi connectivity index (χ2v) is 8.17. The fraction of sp³-hybridized carbons (Fsp3) is 0.214. The summed E-state index contributed by atoms with van der Waals surface area (Å²) in [4.78, 5) is 23.1. The van der Waals surface area contributed by atoms with Crippen molar-refractivity contribution >= 4 is 23.4 Å². The molecule has 0 unspecified atom stereocenters. The number of benzene rings is 3. The summed E-state index contributed by atoms with van der Waals surface area (Å²) in [5.41, 5.74) is 1.76. The van der Waals surface area contributed by atoms with E-state index in [2.05, 4.69) is 5.32 Å². The quantitative estimate of drug-likeness (QED) is 0.150. The van der Waals surface area contributed by atoms with Crippen LogP contribution in [0.1, 0.15) is 31.9 Å². The molecular formula is C28H27N3O6. The number of anilines is 1. The first-order valence-corrected chi connectivity index (χ1v) is 11.6. The van der Waals surface area contributed by atoms with Crippen LogP contribution in [-0.4, -0.2) is 23.5 Å². The Morgan fingerprint density at radius 3 is 2.49 bits per heavy atom. The van der Waals surface area contributed by atoms with Crippen LogP contribution in [0.4, 0.5) is 11.4 Å². The van der Waals surface area contributed by atoms with E-state index < -0.39 is 10.8 Å². The average Bonchev–Trinajstić information content (AvgIpc) is 2.87. The number of nitro benzene ring substituents is 1. The number of nitrogens with one attached hydrogen (secondary N) is 1. The van der Waals surface area contributed by atoms with Gasteiger partial charge in [-0.25, -0.2) is 0 Å². The third-order valence-electron chi connectivity index (χ3n) is 4.95. The lowest BCUT2D eigenvalue weighted by atomic mass is 10.1. The highest BCUT2D eigenvalue weighted by atomic mass is 16.6. The number of nitrogens with zero attached hydrogens (tertiary/aromatic N) is 2. The van der Waals surface area contributed by atoms with E-state index in [1.54, 1.807) is 54.6 Å². The van der Waals surface area contributed by atoms with E-state index >= 15 is 0 Å². The van der Waals surface area contributed by atoms with Crippen LogP contribution < -0.4 is 19.5 Å². The Balaban J connectivity index is 1.74. The number of nitro groups is 1. The highest BCUT2D eigenvalue weighted by Crippen LogP contribution is 2.30. The molecule has 0 saturated carbocycles. The lowest BCUT2D eigenvalue weighted by Gasteiger charge is -2.13. The van der Waals surface area contributed by atoms with Crippen LogP contribution in [0.25, 0.3) is 6.08 Å². The van der Waals surface area contributed by atoms with Crippen molar-refractivity contribution in [2.24, 2.45) is 0 Å². The Kier molecular flexibility index (Phi) is 9.22. The monoisotopic (exact) mass is 501 g/mol. The van der Waals surface area contributed by atoms with Gasteiger partial charge >= 0.3 is 0 Å². The lowest BCUT2D eigenvalue weighted by Crippen LogP contribution is -2.13. The Morgan fingerprint density at radius 1 is 1.08 bits per heavy atom. The predicted octanol–water partition coefficient (Wildman–Crippen LogP) is 5.91. The van der Waals surface area contributed by atoms with Gasteiger partial charge < -0.3 is 19.5 Å². The van der Waals surface area contributed by atoms with Gasteiger partial charge in [-0.2, -0.15) is 5.26 Å². The normalized spacial score (nSPS) is 10.9. The zero-order valence-electron chi connectivity index (χ0n) is 20.8. The molecule has 190 valence electrons. The zero-order valence-corrected chi connectivity index (χ0v) is 20.8. The van der Waals surface area contributed by atoms with E-state index in [4.69, 9.17) is 14.2 Å². The predicted molar refractivity (Wildman–Crippen MR) is 139 cm³/mol. The van der Waals surface area contributed by atoms with Crippen LogP contribution in [0.2, 0.25) is 0 Å². The summed E-state index contributed by atoms with van der Waals surface area (Å²) in [5.74, 6) is 0.957. The van der Waals surface area contributed by atoms with Crippen molar-refractivity contribution in [2.45, 2.75) is 33.5 Å². The third kappa shape index (κ3) is 7.83. The second-order valence-electron chi connectivity index (χ2n) is 8.17. The number of hydrogen-bond donors (Lipinski definition) is 1. The zero-order chi connectivity index (χ0) is 26.8. The molecule has 3 aromatic carbocycles. The highest BCUT2D eigenvalue weighted by molar-refractivity contribution is 6.09. The molecule has 0 saturated heterocycles. The molecule has 1 amide bonds. The molecule has 37 heavy (non-hydrogen) atoms. The standard InChI is InChI=1S/C28H27N3O6/c1-4-35-27-15-21(10-13-26(27)36-18-20-8-11-24(12-9-20)31(33)34)14-22(17-29)28(32)30-23-6-5-7-25(16-23)37-19(2)3/h5-16,19H,4,18H2,1-3H3,(H,30,32)/b22-14-. The van der Waals surface area contributed by atoms with Crippen LogP contribution in [0.3, 0.4) is 0 Å². The van der Waals surface area contributed by atoms with Crippen LogP contribution in [-0.2, 0) is 11.4 Å². The number of carbonyl (C=O) groups is 1. The summed E-state index contributed by atoms with van der Waals surface area (Å²) in [6, 6.07) is 20.0. The number of nitriles is 1. The molecule has 9 heteroatoms. The van der Waals surface area contributed by atoms with Gasteiger partial charge in [0.05, 0.1) is 17.6 Å². The molecular weight excluding hydrogens is 474 g/mol. The van der Waals surface area contributed by atoms with E-state index in [9.17, 15) is 20.2 Å². The molecule has 0 fully saturated rings. The van der Waals surface area contributed by atoms with Gasteiger partial charge in [0, 0.05) is 23.9 Å². The molecule has 9 nitrogen and oxygen atoms in total. The van der Waals surface area contributed by atoms with Crippen LogP contribution in [0, 0.1) is 21.4 Å². The summed E-state index contributed by atoms with van der Waals surface area (Å²) in [6.45, 7) is 6.20. The Hall–Kier alpha value is -4.84. The van der Waals surface area contributed by atoms with Crippen LogP contribution >= 0.6 is 0 Å². The first-order chi connectivity index (χ1) is 17.8. The SMILES string of the molecule is CCOc1cc(/C=C(/C#N)C(=O)Nc2cccc(OC(C)C)c2)ccc1OCc1ccc([N+](=O)[O-])cc1. The molecule has 0 aliphatic carbocycles. The van der Waals surface area contributed by atoms with Gasteiger partial charge in [-0.3, -0.25) is 14.9 Å². The van der Waals surface area contributed by atoms with E-state index in [1.165, 1.54) is 18.2 Å². The summed E-state index contributed by atoms with van der Waals surface area (Å²) >= 11 is 0. The van der Waals surface area contributed by atoms with Crippen molar-refractivity contribution in [1.82, 2.24) is 0 Å². The van der Waals surface area contributed by atoms with Gasteiger partial charge in [-0.05, 0) is 74.4 Å². The van der Waals surface area contributed by atoms with Crippen molar-refractivity contribution in [1.29, 1.82) is 5.26 Å². The molecule has 0 aromatic heterocycles. The Labute approximate surface area is 215 Å². The fourth-order valence-electron chi connectivity index (χ4n) is 3.31. The van der Waals surface area contributed by atoms with Gasteiger partial charge in [-0.15, -0.1) is 0 Å². The lowest BCUT2D eigenvalue weighted by molar-refractivity contribution is -0.384. The maximum absolute atomic E-state index is 12.7. The molecule has 0 aliphatic heterocycles. The van der Waals surface area contributed by atoms with Crippen molar-refractivity contribution in [3.63, 3.8) is 0 Å². The second kappa shape index (κ2) is 12.7. The number of carbonyl (C=O) groups excluding carboxylic acids is 1. The van der Waals surface area contributed by atoms with Crippen molar-refractivity contribution in [3.05, 3.63) is 93.5 Å². The van der Waals surface area contributed by atoms with Crippen LogP contribution in [0.15, 0.2) is 72.3 Å². The summed E-state index contributed by atoms with van der Waals surface area (Å²) in [7, 11) is 0. The van der Waals surface area contributed by atoms with Crippen molar-refractivity contribution < 1.29 is 23.9 Å². The van der Waals surface area contributed by atoms with Gasteiger partial charge in [0.15, 0.2) is 11.5 Å². The highest BCUT2D eigenvalue weighted by Gasteiger charge is 2.13. The van der Waals surface area contributed by atoms with E-state index in [0.717, 1.165) is 5.56 Å². The first kappa shape index (κ1) is 26.8. The van der Waals surface area contributed by atoms with Crippen LogP contribution in [0.5, 0.6) is 17.2 Å². The average molecular weight is 502 g/mol. The van der Waals surface area contributed by atoms with Gasteiger partial charge in [0.25, 0.3) is 11.6 Å². The number of rotatable bonds is 11. The molecule has 0 spiro atoms. The Bertz CT molecular complexity index is 1330. The van der Waals surface area contributed by atoms with Gasteiger partial charge in [0.1, 0.15) is 24.0 Å². The number of hydrogen-bond acceptors (Lipinski definition) is 7. The first-order valence-electron chi connectivity index (χ1n) is 11.6. The fourth-order valence-corrected chi connectivity index (χ4v) is 3.31. The van der Waals surface area contributed by atoms with Gasteiger partial charge in [0.2, 0.25) is 0 Å². The molecule has 0 atom stereocenters. The third-order valence-corrected chi connectivity index (χ3v) is 4.95. The molecule has 3 aromatic rings. The summed E-state index contributed by atoms with van der Waals surface area (Å²) < 4.78 is 17.2. The maximum atomic E-state index is 12.7. The van der Waals surface area contributed by atoms with E-state index in [1.807, 2.05) is 26.8 Å². The maximum Gasteiger partial charge on any atom is 0.269 e. The molecule has 0 aliphatic rings. The molecule has 0 bridgehead atoms. The minimum atomic E-state index is -0.555. The largest absolute Gasteiger partial charge is 0.491 e. The number of non-ortho nitro benzene ring substituents is 1. The van der Waals surface area contributed by atoms with E-state index in [0.29, 0.717) is 35.1 Å². The summed E-state index contributed by atoms with van der Waals surface area (Å²) in [5, 5.41) is 23.1. The smallest absolute Gasteiger partial charge is 0.269 e. The minimum absolute atomic E-state index is 0.00354.